The molecule has 0 aliphatic carbocycles. The summed E-state index contributed by atoms with van der Waals surface area (Å²) in [5, 5.41) is 4.17. The molecule has 6 rings (SSSR count). The third-order valence-electron chi connectivity index (χ3n) is 7.86. The van der Waals surface area contributed by atoms with E-state index in [-0.39, 0.29) is 5.54 Å². The molecule has 0 N–H and O–H groups in total. The second-order valence-electron chi connectivity index (χ2n) is 9.45. The van der Waals surface area contributed by atoms with Crippen LogP contribution in [0.2, 0.25) is 0 Å². The van der Waals surface area contributed by atoms with Gasteiger partial charge in [0.1, 0.15) is 4.88 Å². The lowest BCUT2D eigenvalue weighted by atomic mass is 9.77. The first-order valence-electron chi connectivity index (χ1n) is 12.5. The van der Waals surface area contributed by atoms with Crippen LogP contribution in [0.4, 0.5) is 0 Å². The van der Waals surface area contributed by atoms with Crippen LogP contribution in [0.5, 0.6) is 0 Å². The molecule has 4 heteroatoms. The van der Waals surface area contributed by atoms with Crippen molar-refractivity contribution in [1.29, 1.82) is 0 Å². The van der Waals surface area contributed by atoms with Crippen molar-refractivity contribution in [2.45, 2.75) is 32.2 Å². The normalized spacial score (nSPS) is 14.4. The Kier molecular flexibility index (Phi) is 5.59. The first-order chi connectivity index (χ1) is 17.5. The van der Waals surface area contributed by atoms with Gasteiger partial charge in [-0.2, -0.15) is 4.57 Å². The Hall–Kier alpha value is -3.26. The zero-order valence-electron chi connectivity index (χ0n) is 20.6. The van der Waals surface area contributed by atoms with Crippen LogP contribution >= 0.6 is 18.5 Å². The SMILES string of the molecule is C=C1c2cc(P(=O)(c3ccccc3)c3ccccc3)sc2-c2c3ccccc3cc[n+]2C1(CC)CC. The van der Waals surface area contributed by atoms with Gasteiger partial charge in [0.15, 0.2) is 18.9 Å². The second kappa shape index (κ2) is 8.69. The molecule has 1 aliphatic rings. The van der Waals surface area contributed by atoms with E-state index in [0.717, 1.165) is 44.1 Å². The summed E-state index contributed by atoms with van der Waals surface area (Å²) >= 11 is 1.67. The van der Waals surface area contributed by atoms with E-state index in [1.165, 1.54) is 16.5 Å². The van der Waals surface area contributed by atoms with Crippen LogP contribution in [0, 0.1) is 0 Å². The van der Waals surface area contributed by atoms with Crippen molar-refractivity contribution in [2.24, 2.45) is 0 Å². The fraction of sp³-hybridized carbons (Fsp3) is 0.156. The van der Waals surface area contributed by atoms with Crippen molar-refractivity contribution in [3.8, 4) is 10.6 Å². The third-order valence-corrected chi connectivity index (χ3v) is 12.7. The molecule has 0 saturated carbocycles. The molecule has 0 spiro atoms. The maximum Gasteiger partial charge on any atom is 0.231 e. The van der Waals surface area contributed by atoms with E-state index in [4.69, 9.17) is 0 Å². The lowest BCUT2D eigenvalue weighted by Gasteiger charge is -2.33. The Bertz CT molecular complexity index is 1600. The largest absolute Gasteiger partial charge is 0.308 e. The maximum atomic E-state index is 15.2. The molecule has 3 aromatic carbocycles. The molecular weight excluding hydrogens is 477 g/mol. The van der Waals surface area contributed by atoms with Crippen molar-refractivity contribution in [3.63, 3.8) is 0 Å². The van der Waals surface area contributed by atoms with Gasteiger partial charge in [0.25, 0.3) is 0 Å². The molecule has 36 heavy (non-hydrogen) atoms. The van der Waals surface area contributed by atoms with Crippen molar-refractivity contribution in [3.05, 3.63) is 115 Å². The summed E-state index contributed by atoms with van der Waals surface area (Å²) in [6.45, 7) is 9.16. The minimum absolute atomic E-state index is 0.214. The molecule has 3 heterocycles. The standard InChI is InChI=1S/C32H29NOPS/c1-4-32(5-2)23(3)28-22-29(35(34,25-15-8-6-9-16-25)26-17-10-7-11-18-26)36-31(28)30-27-19-13-12-14-24(27)20-21-33(30)32/h6-22H,3-5H2,1-2H3/q+1. The molecule has 0 fully saturated rings. The van der Waals surface area contributed by atoms with Gasteiger partial charge in [-0.3, -0.25) is 0 Å². The number of aromatic nitrogens is 1. The molecule has 2 aromatic heterocycles. The molecule has 0 bridgehead atoms. The van der Waals surface area contributed by atoms with E-state index in [9.17, 15) is 0 Å². The van der Waals surface area contributed by atoms with Gasteiger partial charge in [0.2, 0.25) is 5.69 Å². The van der Waals surface area contributed by atoms with E-state index in [0.29, 0.717) is 0 Å². The molecular formula is C32H29NOPS+. The minimum atomic E-state index is -3.07. The number of thiophene rings is 1. The molecule has 178 valence electrons. The van der Waals surface area contributed by atoms with E-state index >= 15 is 4.57 Å². The molecule has 1 aliphatic heterocycles. The summed E-state index contributed by atoms with van der Waals surface area (Å²) in [5.74, 6) is 0. The predicted octanol–water partition coefficient (Wildman–Crippen LogP) is 7.04. The molecule has 0 amide bonds. The number of allylic oxidation sites excluding steroid dienone is 1. The summed E-state index contributed by atoms with van der Waals surface area (Å²) < 4.78 is 18.5. The molecule has 0 unspecified atom stereocenters. The van der Waals surface area contributed by atoms with Crippen LogP contribution in [0.3, 0.4) is 0 Å². The van der Waals surface area contributed by atoms with E-state index in [2.05, 4.69) is 67.6 Å². The van der Waals surface area contributed by atoms with Gasteiger partial charge < -0.3 is 4.57 Å². The number of fused-ring (bicyclic) bond motifs is 5. The number of hydrogen-bond acceptors (Lipinski definition) is 2. The van der Waals surface area contributed by atoms with Crippen molar-refractivity contribution in [1.82, 2.24) is 0 Å². The molecule has 0 atom stereocenters. The number of benzene rings is 3. The Morgan fingerprint density at radius 2 is 1.42 bits per heavy atom. The second-order valence-corrected chi connectivity index (χ2v) is 13.5. The Balaban J connectivity index is 1.70. The van der Waals surface area contributed by atoms with Gasteiger partial charge in [-0.1, -0.05) is 99.3 Å². The predicted molar refractivity (Wildman–Crippen MR) is 154 cm³/mol. The van der Waals surface area contributed by atoms with Gasteiger partial charge in [-0.15, -0.1) is 11.3 Å². The van der Waals surface area contributed by atoms with Gasteiger partial charge in [-0.05, 0) is 17.5 Å². The van der Waals surface area contributed by atoms with Crippen LogP contribution in [0.1, 0.15) is 32.3 Å². The fourth-order valence-electron chi connectivity index (χ4n) is 5.83. The summed E-state index contributed by atoms with van der Waals surface area (Å²) in [6, 6.07) is 32.9. The van der Waals surface area contributed by atoms with Crippen LogP contribution in [0.25, 0.3) is 26.9 Å². The first-order valence-corrected chi connectivity index (χ1v) is 15.1. The van der Waals surface area contributed by atoms with E-state index < -0.39 is 7.14 Å². The number of hydrogen-bond donors (Lipinski definition) is 0. The summed E-state index contributed by atoms with van der Waals surface area (Å²) in [5.41, 5.74) is 3.25. The van der Waals surface area contributed by atoms with Crippen LogP contribution in [0.15, 0.2) is 110 Å². The summed E-state index contributed by atoms with van der Waals surface area (Å²) in [6.07, 6.45) is 4.11. The average molecular weight is 507 g/mol. The molecule has 2 nitrogen and oxygen atoms in total. The lowest BCUT2D eigenvalue weighted by molar-refractivity contribution is -0.740. The molecule has 0 radical (unpaired) electrons. The van der Waals surface area contributed by atoms with Crippen molar-refractivity contribution < 1.29 is 9.13 Å². The molecule has 0 saturated heterocycles. The highest BCUT2D eigenvalue weighted by Crippen LogP contribution is 2.52. The summed E-state index contributed by atoms with van der Waals surface area (Å²) in [7, 11) is -3.07. The van der Waals surface area contributed by atoms with Crippen LogP contribution in [-0.4, -0.2) is 0 Å². The highest BCUT2D eigenvalue weighted by Gasteiger charge is 2.49. The van der Waals surface area contributed by atoms with E-state index in [1.54, 1.807) is 11.3 Å². The van der Waals surface area contributed by atoms with Crippen molar-refractivity contribution >= 4 is 50.1 Å². The maximum absolute atomic E-state index is 15.2. The van der Waals surface area contributed by atoms with Gasteiger partial charge in [-0.25, -0.2) is 0 Å². The number of rotatable bonds is 5. The zero-order valence-corrected chi connectivity index (χ0v) is 22.4. The fourth-order valence-corrected chi connectivity index (χ4v) is 10.5. The minimum Gasteiger partial charge on any atom is -0.308 e. The third kappa shape index (κ3) is 3.16. The summed E-state index contributed by atoms with van der Waals surface area (Å²) in [4.78, 5) is 1.16. The van der Waals surface area contributed by atoms with Gasteiger partial charge in [0, 0.05) is 40.7 Å². The Morgan fingerprint density at radius 3 is 2.03 bits per heavy atom. The average Bonchev–Trinajstić information content (AvgIpc) is 3.40. The quantitative estimate of drug-likeness (QED) is 0.185. The van der Waals surface area contributed by atoms with Crippen LogP contribution < -0.4 is 19.8 Å². The van der Waals surface area contributed by atoms with Crippen LogP contribution in [-0.2, 0) is 10.1 Å². The first kappa shape index (κ1) is 23.2. The molecule has 5 aromatic rings. The lowest BCUT2D eigenvalue weighted by Crippen LogP contribution is -2.59. The van der Waals surface area contributed by atoms with Gasteiger partial charge >= 0.3 is 0 Å². The Labute approximate surface area is 217 Å². The van der Waals surface area contributed by atoms with Gasteiger partial charge in [0.05, 0.1) is 10.0 Å². The number of nitrogens with zero attached hydrogens (tertiary/aromatic N) is 1. The highest BCUT2D eigenvalue weighted by molar-refractivity contribution is 7.89. The Morgan fingerprint density at radius 1 is 0.833 bits per heavy atom. The monoisotopic (exact) mass is 506 g/mol. The topological polar surface area (TPSA) is 20.9 Å². The highest BCUT2D eigenvalue weighted by atomic mass is 32.1. The smallest absolute Gasteiger partial charge is 0.231 e. The zero-order chi connectivity index (χ0) is 24.9. The van der Waals surface area contributed by atoms with Crippen molar-refractivity contribution in [2.75, 3.05) is 0 Å². The van der Waals surface area contributed by atoms with E-state index in [1.807, 2.05) is 60.7 Å². The number of pyridine rings is 1.